The fraction of sp³-hybridized carbons (Fsp3) is 0.722. The van der Waals surface area contributed by atoms with E-state index in [-0.39, 0.29) is 11.9 Å². The first kappa shape index (κ1) is 15.6. The van der Waals surface area contributed by atoms with Crippen LogP contribution in [-0.2, 0) is 4.74 Å². The predicted octanol–water partition coefficient (Wildman–Crippen LogP) is 2.96. The second-order valence-electron chi connectivity index (χ2n) is 7.23. The van der Waals surface area contributed by atoms with Crippen LogP contribution in [0.15, 0.2) is 6.07 Å². The van der Waals surface area contributed by atoms with E-state index in [2.05, 4.69) is 23.6 Å². The van der Waals surface area contributed by atoms with Crippen molar-refractivity contribution in [3.05, 3.63) is 21.4 Å². The molecule has 0 bridgehead atoms. The van der Waals surface area contributed by atoms with Gasteiger partial charge in [0.2, 0.25) is 0 Å². The van der Waals surface area contributed by atoms with E-state index in [0.29, 0.717) is 12.0 Å². The molecule has 4 nitrogen and oxygen atoms in total. The summed E-state index contributed by atoms with van der Waals surface area (Å²) in [7, 11) is 0. The summed E-state index contributed by atoms with van der Waals surface area (Å²) < 4.78 is 5.35. The van der Waals surface area contributed by atoms with Crippen LogP contribution in [0.3, 0.4) is 0 Å². The lowest BCUT2D eigenvalue weighted by Gasteiger charge is -2.26. The molecule has 3 fully saturated rings. The van der Waals surface area contributed by atoms with Crippen LogP contribution in [0.1, 0.15) is 64.6 Å². The van der Waals surface area contributed by atoms with E-state index in [1.807, 2.05) is 0 Å². The van der Waals surface area contributed by atoms with Crippen LogP contribution in [0.5, 0.6) is 0 Å². The molecule has 1 amide bonds. The van der Waals surface area contributed by atoms with Gasteiger partial charge in [-0.3, -0.25) is 4.79 Å². The maximum absolute atomic E-state index is 12.5. The average molecular weight is 334 g/mol. The van der Waals surface area contributed by atoms with Crippen LogP contribution in [0.2, 0.25) is 0 Å². The van der Waals surface area contributed by atoms with Crippen molar-refractivity contribution in [1.29, 1.82) is 0 Å². The molecule has 2 aliphatic carbocycles. The monoisotopic (exact) mass is 334 g/mol. The third kappa shape index (κ3) is 3.47. The molecular weight excluding hydrogens is 308 g/mol. The van der Waals surface area contributed by atoms with Crippen molar-refractivity contribution in [3.63, 3.8) is 0 Å². The molecule has 0 spiro atoms. The number of carbonyl (C=O) groups is 1. The van der Waals surface area contributed by atoms with E-state index in [1.165, 1.54) is 36.1 Å². The molecule has 4 rings (SSSR count). The van der Waals surface area contributed by atoms with Crippen molar-refractivity contribution < 1.29 is 9.53 Å². The number of ether oxygens (including phenoxy) is 1. The summed E-state index contributed by atoms with van der Waals surface area (Å²) in [5.41, 5.74) is 1.39. The van der Waals surface area contributed by atoms with Crippen molar-refractivity contribution in [2.24, 2.45) is 0 Å². The molecule has 5 heteroatoms. The summed E-state index contributed by atoms with van der Waals surface area (Å²) in [5.74, 6) is 0.719. The minimum atomic E-state index is 0.0976. The maximum atomic E-state index is 12.5. The van der Waals surface area contributed by atoms with Gasteiger partial charge in [0, 0.05) is 42.1 Å². The summed E-state index contributed by atoms with van der Waals surface area (Å²) in [6.07, 6.45) is 7.14. The maximum Gasteiger partial charge on any atom is 0.261 e. The first-order valence-electron chi connectivity index (χ1n) is 8.95. The molecule has 1 aromatic heterocycles. The van der Waals surface area contributed by atoms with E-state index in [1.54, 1.807) is 11.3 Å². The van der Waals surface area contributed by atoms with Crippen molar-refractivity contribution in [2.75, 3.05) is 13.2 Å². The molecule has 0 unspecified atom stereocenters. The van der Waals surface area contributed by atoms with Crippen molar-refractivity contribution >= 4 is 17.2 Å². The summed E-state index contributed by atoms with van der Waals surface area (Å²) >= 11 is 1.65. The number of carbonyl (C=O) groups excluding carboxylic acids is 1. The van der Waals surface area contributed by atoms with Gasteiger partial charge in [0.25, 0.3) is 5.91 Å². The summed E-state index contributed by atoms with van der Waals surface area (Å²) in [4.78, 5) is 14.7. The lowest BCUT2D eigenvalue weighted by Crippen LogP contribution is -2.38. The van der Waals surface area contributed by atoms with Crippen molar-refractivity contribution in [2.45, 2.75) is 69.5 Å². The Bertz CT molecular complexity index is 576. The van der Waals surface area contributed by atoms with Gasteiger partial charge in [-0.05, 0) is 50.7 Å². The van der Waals surface area contributed by atoms with E-state index in [0.717, 1.165) is 37.0 Å². The van der Waals surface area contributed by atoms with E-state index in [9.17, 15) is 4.79 Å². The third-order valence-corrected chi connectivity index (χ3v) is 6.55. The van der Waals surface area contributed by atoms with Crippen LogP contribution in [0, 0.1) is 6.92 Å². The number of amides is 1. The molecule has 1 saturated heterocycles. The lowest BCUT2D eigenvalue weighted by molar-refractivity contribution is 0.0698. The Morgan fingerprint density at radius 3 is 2.70 bits per heavy atom. The van der Waals surface area contributed by atoms with Gasteiger partial charge in [0.1, 0.15) is 0 Å². The number of hydrogen-bond donors (Lipinski definition) is 2. The highest BCUT2D eigenvalue weighted by Crippen LogP contribution is 2.45. The summed E-state index contributed by atoms with van der Waals surface area (Å²) in [6, 6.07) is 3.80. The van der Waals surface area contributed by atoms with Gasteiger partial charge in [0.05, 0.1) is 4.88 Å². The zero-order valence-corrected chi connectivity index (χ0v) is 14.6. The second kappa shape index (κ2) is 6.54. The number of thiophene rings is 1. The van der Waals surface area contributed by atoms with Crippen LogP contribution >= 0.6 is 11.3 Å². The normalized spacial score (nSPS) is 28.4. The van der Waals surface area contributed by atoms with E-state index >= 15 is 0 Å². The fourth-order valence-electron chi connectivity index (χ4n) is 3.68. The second-order valence-corrected chi connectivity index (χ2v) is 8.48. The van der Waals surface area contributed by atoms with Crippen LogP contribution in [-0.4, -0.2) is 37.2 Å². The molecule has 23 heavy (non-hydrogen) atoms. The van der Waals surface area contributed by atoms with Gasteiger partial charge in [0.15, 0.2) is 0 Å². The molecule has 2 heterocycles. The first-order chi connectivity index (χ1) is 11.2. The number of aryl methyl sites for hydroxylation is 1. The number of nitrogens with one attached hydrogen (secondary N) is 2. The molecule has 2 N–H and O–H groups in total. The Kier molecular flexibility index (Phi) is 4.43. The Morgan fingerprint density at radius 1 is 1.22 bits per heavy atom. The summed E-state index contributed by atoms with van der Waals surface area (Å²) in [6.45, 7) is 3.68. The minimum Gasteiger partial charge on any atom is -0.381 e. The SMILES string of the molecule is Cc1sc(C(=O)NC2CCOCC2)cc1[C@@H]1C[C@H]1NC1CCC1. The number of rotatable bonds is 5. The Labute approximate surface area is 142 Å². The number of hydrogen-bond acceptors (Lipinski definition) is 4. The average Bonchev–Trinajstić information content (AvgIpc) is 3.17. The quantitative estimate of drug-likeness (QED) is 0.870. The molecular formula is C18H26N2O2S. The zero-order valence-electron chi connectivity index (χ0n) is 13.8. The van der Waals surface area contributed by atoms with Gasteiger partial charge < -0.3 is 15.4 Å². The molecule has 2 atom stereocenters. The Morgan fingerprint density at radius 2 is 2.00 bits per heavy atom. The molecule has 1 aliphatic heterocycles. The van der Waals surface area contributed by atoms with Gasteiger partial charge in [-0.1, -0.05) is 6.42 Å². The fourth-order valence-corrected chi connectivity index (χ4v) is 4.67. The highest BCUT2D eigenvalue weighted by molar-refractivity contribution is 7.14. The van der Waals surface area contributed by atoms with Crippen molar-refractivity contribution in [1.82, 2.24) is 10.6 Å². The van der Waals surface area contributed by atoms with Crippen LogP contribution < -0.4 is 10.6 Å². The van der Waals surface area contributed by atoms with Crippen LogP contribution in [0.4, 0.5) is 0 Å². The minimum absolute atomic E-state index is 0.0976. The molecule has 3 aliphatic rings. The van der Waals surface area contributed by atoms with Crippen LogP contribution in [0.25, 0.3) is 0 Å². The molecule has 0 radical (unpaired) electrons. The van der Waals surface area contributed by atoms with Gasteiger partial charge >= 0.3 is 0 Å². The smallest absolute Gasteiger partial charge is 0.261 e. The van der Waals surface area contributed by atoms with Gasteiger partial charge in [-0.25, -0.2) is 0 Å². The van der Waals surface area contributed by atoms with E-state index < -0.39 is 0 Å². The highest BCUT2D eigenvalue weighted by atomic mass is 32.1. The Hall–Kier alpha value is -0.910. The third-order valence-electron chi connectivity index (χ3n) is 5.48. The zero-order chi connectivity index (χ0) is 15.8. The molecule has 2 saturated carbocycles. The first-order valence-corrected chi connectivity index (χ1v) is 9.77. The van der Waals surface area contributed by atoms with Crippen molar-refractivity contribution in [3.8, 4) is 0 Å². The van der Waals surface area contributed by atoms with Gasteiger partial charge in [-0.2, -0.15) is 0 Å². The largest absolute Gasteiger partial charge is 0.381 e. The predicted molar refractivity (Wildman–Crippen MR) is 92.3 cm³/mol. The highest BCUT2D eigenvalue weighted by Gasteiger charge is 2.41. The molecule has 1 aromatic rings. The molecule has 126 valence electrons. The van der Waals surface area contributed by atoms with E-state index in [4.69, 9.17) is 4.74 Å². The summed E-state index contributed by atoms with van der Waals surface area (Å²) in [5, 5.41) is 6.93. The lowest BCUT2D eigenvalue weighted by atomic mass is 9.93. The Balaban J connectivity index is 1.36. The topological polar surface area (TPSA) is 50.4 Å². The van der Waals surface area contributed by atoms with Gasteiger partial charge in [-0.15, -0.1) is 11.3 Å². The standard InChI is InChI=1S/C18H26N2O2S/c1-11-14(15-9-16(15)19-12-3-2-4-12)10-17(23-11)18(21)20-13-5-7-22-8-6-13/h10,12-13,15-16,19H,2-9H2,1H3,(H,20,21)/t15-,16+/m0/s1. The molecule has 0 aromatic carbocycles.